The third-order valence-electron chi connectivity index (χ3n) is 8.73. The van der Waals surface area contributed by atoms with Crippen LogP contribution in [0, 0.1) is 11.3 Å². The van der Waals surface area contributed by atoms with Crippen LogP contribution in [0.25, 0.3) is 0 Å². The SMILES string of the molecule is O=C(C1COC1)N1CC2(CC[C@@H](N3CCC(c4ccccc4OCCOC4COC4)CC3)C2)C1. The van der Waals surface area contributed by atoms with Gasteiger partial charge in [-0.3, -0.25) is 4.79 Å². The number of amides is 1. The number of carbonyl (C=O) groups is 1. The van der Waals surface area contributed by atoms with Crippen molar-refractivity contribution in [2.24, 2.45) is 11.3 Å². The summed E-state index contributed by atoms with van der Waals surface area (Å²) in [6.45, 7) is 8.13. The normalized spacial score (nSPS) is 27.9. The molecule has 1 aromatic carbocycles. The van der Waals surface area contributed by atoms with Crippen LogP contribution >= 0.6 is 0 Å². The Balaban J connectivity index is 0.964. The van der Waals surface area contributed by atoms with Crippen LogP contribution in [0.1, 0.15) is 43.6 Å². The van der Waals surface area contributed by atoms with E-state index < -0.39 is 0 Å². The maximum Gasteiger partial charge on any atom is 0.230 e. The first kappa shape index (κ1) is 22.8. The van der Waals surface area contributed by atoms with E-state index in [2.05, 4.69) is 34.1 Å². The Morgan fingerprint density at radius 3 is 2.47 bits per heavy atom. The third kappa shape index (κ3) is 4.60. The van der Waals surface area contributed by atoms with Gasteiger partial charge in [-0.05, 0) is 62.7 Å². The van der Waals surface area contributed by atoms with Crippen LogP contribution in [0.2, 0.25) is 0 Å². The summed E-state index contributed by atoms with van der Waals surface area (Å²) in [7, 11) is 0. The van der Waals surface area contributed by atoms with Gasteiger partial charge in [0.05, 0.1) is 39.0 Å². The fraction of sp³-hybridized carbons (Fsp3) is 0.741. The van der Waals surface area contributed by atoms with Crippen molar-refractivity contribution in [3.8, 4) is 5.75 Å². The zero-order valence-corrected chi connectivity index (χ0v) is 20.2. The molecule has 1 aliphatic carbocycles. The lowest BCUT2D eigenvalue weighted by atomic mass is 9.77. The molecule has 1 aromatic rings. The van der Waals surface area contributed by atoms with Crippen molar-refractivity contribution in [3.63, 3.8) is 0 Å². The van der Waals surface area contributed by atoms with E-state index in [1.54, 1.807) is 0 Å². The van der Waals surface area contributed by atoms with E-state index in [9.17, 15) is 4.79 Å². The molecule has 34 heavy (non-hydrogen) atoms. The molecule has 186 valence electrons. The monoisotopic (exact) mass is 470 g/mol. The molecule has 4 saturated heterocycles. The van der Waals surface area contributed by atoms with Crippen molar-refractivity contribution < 1.29 is 23.7 Å². The smallest absolute Gasteiger partial charge is 0.230 e. The maximum absolute atomic E-state index is 12.5. The molecule has 5 aliphatic rings. The molecule has 0 aromatic heterocycles. The number of piperidine rings is 1. The first-order valence-electron chi connectivity index (χ1n) is 13.2. The molecular formula is C27H38N2O5. The highest BCUT2D eigenvalue weighted by Crippen LogP contribution is 2.48. The van der Waals surface area contributed by atoms with Crippen molar-refractivity contribution in [1.82, 2.24) is 9.80 Å². The van der Waals surface area contributed by atoms with Crippen LogP contribution in [0.15, 0.2) is 24.3 Å². The van der Waals surface area contributed by atoms with E-state index in [0.29, 0.717) is 62.9 Å². The molecule has 5 fully saturated rings. The third-order valence-corrected chi connectivity index (χ3v) is 8.73. The van der Waals surface area contributed by atoms with Gasteiger partial charge in [-0.25, -0.2) is 0 Å². The lowest BCUT2D eigenvalue weighted by molar-refractivity contribution is -0.161. The minimum Gasteiger partial charge on any atom is -0.491 e. The summed E-state index contributed by atoms with van der Waals surface area (Å²) >= 11 is 0. The Bertz CT molecular complexity index is 856. The van der Waals surface area contributed by atoms with Gasteiger partial charge in [0.2, 0.25) is 5.91 Å². The molecule has 6 rings (SSSR count). The highest BCUT2D eigenvalue weighted by atomic mass is 16.6. The molecule has 0 unspecified atom stereocenters. The largest absolute Gasteiger partial charge is 0.491 e. The van der Waals surface area contributed by atoms with Gasteiger partial charge in [-0.15, -0.1) is 0 Å². The van der Waals surface area contributed by atoms with Crippen molar-refractivity contribution in [2.45, 2.75) is 50.2 Å². The van der Waals surface area contributed by atoms with Gasteiger partial charge in [0, 0.05) is 24.5 Å². The molecule has 4 aliphatic heterocycles. The predicted molar refractivity (Wildman–Crippen MR) is 127 cm³/mol. The van der Waals surface area contributed by atoms with Gasteiger partial charge in [0.15, 0.2) is 0 Å². The molecule has 1 saturated carbocycles. The zero-order chi connectivity index (χ0) is 23.0. The summed E-state index contributed by atoms with van der Waals surface area (Å²) in [4.78, 5) is 17.3. The Morgan fingerprint density at radius 2 is 1.76 bits per heavy atom. The number of rotatable bonds is 8. The predicted octanol–water partition coefficient (Wildman–Crippen LogP) is 2.69. The Kier molecular flexibility index (Phi) is 6.54. The van der Waals surface area contributed by atoms with Crippen LogP contribution in [0.4, 0.5) is 0 Å². The molecule has 1 amide bonds. The zero-order valence-electron chi connectivity index (χ0n) is 20.2. The molecule has 0 radical (unpaired) electrons. The Morgan fingerprint density at radius 1 is 1.00 bits per heavy atom. The van der Waals surface area contributed by atoms with Gasteiger partial charge in [0.25, 0.3) is 0 Å². The number of carbonyl (C=O) groups excluding carboxylic acids is 1. The number of ether oxygens (including phenoxy) is 4. The second kappa shape index (κ2) is 9.76. The summed E-state index contributed by atoms with van der Waals surface area (Å²) in [5.74, 6) is 2.03. The summed E-state index contributed by atoms with van der Waals surface area (Å²) in [5.41, 5.74) is 1.74. The summed E-state index contributed by atoms with van der Waals surface area (Å²) in [6, 6.07) is 9.24. The first-order chi connectivity index (χ1) is 16.7. The fourth-order valence-corrected chi connectivity index (χ4v) is 6.53. The number of nitrogens with zero attached hydrogens (tertiary/aromatic N) is 2. The van der Waals surface area contributed by atoms with Crippen molar-refractivity contribution >= 4 is 5.91 Å². The molecule has 1 atom stereocenters. The van der Waals surface area contributed by atoms with Crippen molar-refractivity contribution in [1.29, 1.82) is 0 Å². The summed E-state index contributed by atoms with van der Waals surface area (Å²) in [6.07, 6.45) is 6.44. The number of hydrogen-bond donors (Lipinski definition) is 0. The highest BCUT2D eigenvalue weighted by molar-refractivity contribution is 5.80. The lowest BCUT2D eigenvalue weighted by Crippen LogP contribution is -2.61. The van der Waals surface area contributed by atoms with E-state index in [0.717, 1.165) is 31.9 Å². The minimum atomic E-state index is 0.130. The van der Waals surface area contributed by atoms with Gasteiger partial charge in [-0.1, -0.05) is 18.2 Å². The lowest BCUT2D eigenvalue weighted by Gasteiger charge is -2.50. The van der Waals surface area contributed by atoms with Crippen LogP contribution in [0.3, 0.4) is 0 Å². The average molecular weight is 471 g/mol. The molecule has 1 spiro atoms. The second-order valence-electron chi connectivity index (χ2n) is 11.1. The van der Waals surface area contributed by atoms with Crippen LogP contribution in [0.5, 0.6) is 5.75 Å². The number of hydrogen-bond acceptors (Lipinski definition) is 6. The van der Waals surface area contributed by atoms with Crippen LogP contribution in [-0.4, -0.2) is 93.7 Å². The van der Waals surface area contributed by atoms with Gasteiger partial charge in [-0.2, -0.15) is 0 Å². The fourth-order valence-electron chi connectivity index (χ4n) is 6.53. The van der Waals surface area contributed by atoms with Gasteiger partial charge < -0.3 is 28.7 Å². The topological polar surface area (TPSA) is 60.5 Å². The molecular weight excluding hydrogens is 432 g/mol. The number of benzene rings is 1. The number of likely N-dealkylation sites (tertiary alicyclic amines) is 2. The van der Waals surface area contributed by atoms with Crippen molar-refractivity contribution in [3.05, 3.63) is 29.8 Å². The number of para-hydroxylation sites is 1. The Hall–Kier alpha value is -1.67. The van der Waals surface area contributed by atoms with Crippen LogP contribution < -0.4 is 4.74 Å². The minimum absolute atomic E-state index is 0.130. The Labute approximate surface area is 202 Å². The highest BCUT2D eigenvalue weighted by Gasteiger charge is 2.52. The quantitative estimate of drug-likeness (QED) is 0.545. The van der Waals surface area contributed by atoms with E-state index in [1.165, 1.54) is 37.7 Å². The molecule has 0 bridgehead atoms. The van der Waals surface area contributed by atoms with Gasteiger partial charge >= 0.3 is 0 Å². The van der Waals surface area contributed by atoms with E-state index in [-0.39, 0.29) is 12.0 Å². The van der Waals surface area contributed by atoms with Crippen molar-refractivity contribution in [2.75, 3.05) is 65.8 Å². The summed E-state index contributed by atoms with van der Waals surface area (Å²) < 4.78 is 22.2. The average Bonchev–Trinajstić information content (AvgIpc) is 3.22. The standard InChI is InChI=1S/C27H38N2O5/c30-26(21-14-31-15-21)29-18-27(19-29)8-5-22(13-27)28-9-6-20(7-10-28)24-3-1-2-4-25(24)34-12-11-33-23-16-32-17-23/h1-4,20-23H,5-19H2/t22-/m1/s1. The van der Waals surface area contributed by atoms with Crippen LogP contribution in [-0.2, 0) is 19.0 Å². The first-order valence-corrected chi connectivity index (χ1v) is 13.2. The molecule has 7 heteroatoms. The van der Waals surface area contributed by atoms with E-state index >= 15 is 0 Å². The van der Waals surface area contributed by atoms with Gasteiger partial charge in [0.1, 0.15) is 18.5 Å². The van der Waals surface area contributed by atoms with E-state index in [1.807, 2.05) is 0 Å². The molecule has 0 N–H and O–H groups in total. The van der Waals surface area contributed by atoms with E-state index in [4.69, 9.17) is 18.9 Å². The maximum atomic E-state index is 12.5. The second-order valence-corrected chi connectivity index (χ2v) is 11.1. The molecule has 4 heterocycles. The molecule has 7 nitrogen and oxygen atoms in total. The summed E-state index contributed by atoms with van der Waals surface area (Å²) in [5, 5.41) is 0.